The number of nitrogens with zero attached hydrogens (tertiary/aromatic N) is 1. The molecule has 2 nitrogen and oxygen atoms in total. The summed E-state index contributed by atoms with van der Waals surface area (Å²) in [5, 5.41) is 2.86. The molecule has 0 amide bonds. The Hall–Kier alpha value is 0.552. The van der Waals surface area contributed by atoms with Gasteiger partial charge in [-0.25, -0.2) is 0 Å². The standard InChI is InChI=1S/C5H11N2.U/c1-5(7-3)4-6-2;/h4,6H,1-3H3;/q-1;. The van der Waals surface area contributed by atoms with Crippen molar-refractivity contribution in [2.75, 3.05) is 14.1 Å². The molecule has 0 aliphatic rings. The quantitative estimate of drug-likeness (QED) is 0.575. The van der Waals surface area contributed by atoms with Gasteiger partial charge in [0, 0.05) is 38.2 Å². The van der Waals surface area contributed by atoms with Crippen LogP contribution in [0.25, 0.3) is 0 Å². The van der Waals surface area contributed by atoms with Gasteiger partial charge in [0.1, 0.15) is 0 Å². The first-order chi connectivity index (χ1) is 3.31. The maximum absolute atomic E-state index is 3.88. The molecule has 0 saturated carbocycles. The smallest absolute Gasteiger partial charge is 0.0246 e. The van der Waals surface area contributed by atoms with Crippen LogP contribution in [0.1, 0.15) is 6.92 Å². The van der Waals surface area contributed by atoms with E-state index in [1.165, 1.54) is 0 Å². The summed E-state index contributed by atoms with van der Waals surface area (Å²) >= 11 is 0. The van der Waals surface area contributed by atoms with Gasteiger partial charge >= 0.3 is 0 Å². The minimum absolute atomic E-state index is 0. The molecule has 0 unspecified atom stereocenters. The first-order valence-corrected chi connectivity index (χ1v) is 2.25. The van der Waals surface area contributed by atoms with E-state index in [-0.39, 0.29) is 31.1 Å². The predicted molar refractivity (Wildman–Crippen MR) is 32.4 cm³/mol. The summed E-state index contributed by atoms with van der Waals surface area (Å²) in [5.41, 5.74) is 1.02. The number of hydrogen-bond donors (Lipinski definition) is 1. The molecule has 46 valence electrons. The summed E-state index contributed by atoms with van der Waals surface area (Å²) in [4.78, 5) is 3.88. The summed E-state index contributed by atoms with van der Waals surface area (Å²) in [6, 6.07) is 0. The van der Waals surface area contributed by atoms with Crippen LogP contribution in [0.15, 0.2) is 4.99 Å². The summed E-state index contributed by atoms with van der Waals surface area (Å²) in [6.07, 6.45) is 0. The molecular formula is C5H11N2U-. The van der Waals surface area contributed by atoms with Gasteiger partial charge in [-0.2, -0.15) is 0 Å². The Balaban J connectivity index is 0. The second-order valence-corrected chi connectivity index (χ2v) is 1.30. The van der Waals surface area contributed by atoms with Crippen molar-refractivity contribution in [2.24, 2.45) is 4.99 Å². The van der Waals surface area contributed by atoms with E-state index >= 15 is 0 Å². The molecule has 0 aromatic rings. The molecule has 0 spiro atoms. The van der Waals surface area contributed by atoms with E-state index in [2.05, 4.69) is 10.3 Å². The number of aliphatic imine (C=N–C) groups is 1. The van der Waals surface area contributed by atoms with E-state index < -0.39 is 0 Å². The van der Waals surface area contributed by atoms with Crippen LogP contribution < -0.4 is 5.32 Å². The van der Waals surface area contributed by atoms with Crippen molar-refractivity contribution in [3.63, 3.8) is 0 Å². The maximum Gasteiger partial charge on any atom is 0.0246 e. The number of nitrogens with one attached hydrogen (secondary N) is 1. The van der Waals surface area contributed by atoms with Gasteiger partial charge in [0.25, 0.3) is 0 Å². The van der Waals surface area contributed by atoms with Crippen molar-refractivity contribution in [2.45, 2.75) is 6.92 Å². The predicted octanol–water partition coefficient (Wildman–Crippen LogP) is 0.458. The van der Waals surface area contributed by atoms with Gasteiger partial charge in [-0.05, 0) is 7.05 Å². The molecule has 8 heavy (non-hydrogen) atoms. The average molecular weight is 337 g/mol. The van der Waals surface area contributed by atoms with Crippen LogP contribution in [-0.2, 0) is 0 Å². The summed E-state index contributed by atoms with van der Waals surface area (Å²) in [7, 11) is 3.62. The molecule has 0 saturated heterocycles. The van der Waals surface area contributed by atoms with Gasteiger partial charge in [-0.1, -0.05) is 6.92 Å². The van der Waals surface area contributed by atoms with Crippen molar-refractivity contribution >= 4 is 5.71 Å². The zero-order chi connectivity index (χ0) is 5.70. The topological polar surface area (TPSA) is 24.4 Å². The van der Waals surface area contributed by atoms with Crippen molar-refractivity contribution in [1.29, 1.82) is 0 Å². The Morgan fingerprint density at radius 2 is 2.12 bits per heavy atom. The largest absolute Gasteiger partial charge is 0.452 e. The van der Waals surface area contributed by atoms with Crippen LogP contribution in [0.4, 0.5) is 0 Å². The maximum atomic E-state index is 3.88. The van der Waals surface area contributed by atoms with Crippen LogP contribution in [-0.4, -0.2) is 19.8 Å². The third kappa shape index (κ3) is 6.55. The van der Waals surface area contributed by atoms with E-state index in [0.717, 1.165) is 5.71 Å². The van der Waals surface area contributed by atoms with Crippen LogP contribution in [0.5, 0.6) is 0 Å². The van der Waals surface area contributed by atoms with Crippen molar-refractivity contribution in [1.82, 2.24) is 5.32 Å². The molecule has 0 rings (SSSR count). The van der Waals surface area contributed by atoms with E-state index in [1.54, 1.807) is 7.05 Å². The van der Waals surface area contributed by atoms with Crippen molar-refractivity contribution < 1.29 is 31.1 Å². The Kier molecular flexibility index (Phi) is 10.7. The van der Waals surface area contributed by atoms with Crippen LogP contribution in [0.3, 0.4) is 0 Å². The van der Waals surface area contributed by atoms with Gasteiger partial charge in [0.15, 0.2) is 0 Å². The van der Waals surface area contributed by atoms with Crippen LogP contribution >= 0.6 is 0 Å². The third-order valence-corrected chi connectivity index (χ3v) is 0.706. The first kappa shape index (κ1) is 11.4. The fourth-order valence-electron chi connectivity index (χ4n) is 0.273. The SMILES string of the molecule is CN=C(C)[CH-]NC.[U]. The Morgan fingerprint density at radius 1 is 1.62 bits per heavy atom. The van der Waals surface area contributed by atoms with Crippen LogP contribution in [0.2, 0.25) is 0 Å². The fraction of sp³-hybridized carbons (Fsp3) is 0.600. The zero-order valence-corrected chi connectivity index (χ0v) is 9.69. The summed E-state index contributed by atoms with van der Waals surface area (Å²) < 4.78 is 0. The number of hydrogen-bond acceptors (Lipinski definition) is 2. The van der Waals surface area contributed by atoms with Gasteiger partial charge in [-0.15, -0.1) is 5.71 Å². The van der Waals surface area contributed by atoms with Crippen molar-refractivity contribution in [3.05, 3.63) is 6.54 Å². The third-order valence-electron chi connectivity index (χ3n) is 0.706. The average Bonchev–Trinajstić information content (AvgIpc) is 1.68. The first-order valence-electron chi connectivity index (χ1n) is 2.25. The molecule has 3 heteroatoms. The Labute approximate surface area is 74.5 Å². The minimum Gasteiger partial charge on any atom is -0.452 e. The number of rotatable bonds is 2. The minimum atomic E-state index is 0. The van der Waals surface area contributed by atoms with Gasteiger partial charge in [0.2, 0.25) is 0 Å². The molecule has 0 bridgehead atoms. The van der Waals surface area contributed by atoms with Gasteiger partial charge in [0.05, 0.1) is 0 Å². The second kappa shape index (κ2) is 7.55. The van der Waals surface area contributed by atoms with E-state index in [9.17, 15) is 0 Å². The Bertz CT molecular complexity index is 70.8. The van der Waals surface area contributed by atoms with E-state index in [0.29, 0.717) is 0 Å². The molecular weight excluding hydrogens is 326 g/mol. The second-order valence-electron chi connectivity index (χ2n) is 1.30. The fourth-order valence-corrected chi connectivity index (χ4v) is 0.273. The molecule has 1 N–H and O–H groups in total. The van der Waals surface area contributed by atoms with Gasteiger partial charge < -0.3 is 10.3 Å². The normalized spacial score (nSPS) is 10.1. The molecule has 0 aliphatic carbocycles. The molecule has 0 atom stereocenters. The molecule has 0 heterocycles. The zero-order valence-electron chi connectivity index (χ0n) is 5.52. The summed E-state index contributed by atoms with van der Waals surface area (Å²) in [6.45, 7) is 3.79. The molecule has 0 aromatic heterocycles. The van der Waals surface area contributed by atoms with E-state index in [4.69, 9.17) is 0 Å². The monoisotopic (exact) mass is 337 g/mol. The van der Waals surface area contributed by atoms with Crippen LogP contribution in [0, 0.1) is 37.7 Å². The van der Waals surface area contributed by atoms with Gasteiger partial charge in [-0.3, -0.25) is 6.54 Å². The Morgan fingerprint density at radius 3 is 2.25 bits per heavy atom. The molecule has 0 aliphatic heterocycles. The molecule has 0 aromatic carbocycles. The summed E-state index contributed by atoms with van der Waals surface area (Å²) in [5.74, 6) is 0. The molecule has 0 radical (unpaired) electrons. The molecule has 0 fully saturated rings. The van der Waals surface area contributed by atoms with Crippen molar-refractivity contribution in [3.8, 4) is 0 Å². The van der Waals surface area contributed by atoms with E-state index in [1.807, 2.05) is 20.5 Å².